The fourth-order valence-electron chi connectivity index (χ4n) is 9.41. The van der Waals surface area contributed by atoms with E-state index in [0.717, 1.165) is 115 Å². The molecule has 82 heavy (non-hydrogen) atoms. The minimum atomic E-state index is -4.94. The van der Waals surface area contributed by atoms with Gasteiger partial charge in [0, 0.05) is 25.7 Å². The van der Waals surface area contributed by atoms with Gasteiger partial charge in [-0.25, -0.2) is 9.13 Å². The molecular weight excluding hydrogens is 1090 g/mol. The van der Waals surface area contributed by atoms with E-state index in [1.54, 1.807) is 0 Å². The minimum absolute atomic E-state index is 0.103. The van der Waals surface area contributed by atoms with Crippen LogP contribution in [0.3, 0.4) is 0 Å². The van der Waals surface area contributed by atoms with Gasteiger partial charge in [-0.15, -0.1) is 0 Å². The van der Waals surface area contributed by atoms with Crippen molar-refractivity contribution in [2.45, 2.75) is 335 Å². The van der Waals surface area contributed by atoms with E-state index in [9.17, 15) is 43.2 Å². The molecule has 2 unspecified atom stereocenters. The molecule has 0 saturated carbocycles. The van der Waals surface area contributed by atoms with Gasteiger partial charge in [-0.1, -0.05) is 266 Å². The lowest BCUT2D eigenvalue weighted by molar-refractivity contribution is -0.161. The molecule has 0 fully saturated rings. The second kappa shape index (κ2) is 56.8. The monoisotopic (exact) mass is 1210 g/mol. The Morgan fingerprint density at radius 3 is 0.829 bits per heavy atom. The maximum Gasteiger partial charge on any atom is 0.472 e. The Morgan fingerprint density at radius 2 is 0.561 bits per heavy atom. The summed E-state index contributed by atoms with van der Waals surface area (Å²) in [6.07, 6.45) is 41.0. The van der Waals surface area contributed by atoms with Crippen LogP contribution in [0.2, 0.25) is 0 Å². The number of hydrogen-bond acceptors (Lipinski definition) is 15. The summed E-state index contributed by atoms with van der Waals surface area (Å²) in [6, 6.07) is 0. The molecule has 0 saturated heterocycles. The minimum Gasteiger partial charge on any atom is -0.462 e. The molecular formula is C63H122O17P2. The average molecular weight is 1210 g/mol. The Hall–Kier alpha value is -1.94. The third-order valence-corrected chi connectivity index (χ3v) is 16.4. The van der Waals surface area contributed by atoms with E-state index >= 15 is 0 Å². The van der Waals surface area contributed by atoms with Crippen molar-refractivity contribution in [3.63, 3.8) is 0 Å². The molecule has 0 spiro atoms. The predicted octanol–water partition coefficient (Wildman–Crippen LogP) is 17.4. The summed E-state index contributed by atoms with van der Waals surface area (Å²) in [6.45, 7) is 7.02. The Bertz CT molecular complexity index is 1600. The van der Waals surface area contributed by atoms with Crippen molar-refractivity contribution < 1.29 is 80.2 Å². The van der Waals surface area contributed by atoms with E-state index in [1.807, 2.05) is 0 Å². The average Bonchev–Trinajstić information content (AvgIpc) is 3.45. The van der Waals surface area contributed by atoms with Crippen LogP contribution in [-0.4, -0.2) is 96.7 Å². The molecule has 19 heteroatoms. The number of carbonyl (C=O) groups is 4. The zero-order chi connectivity index (χ0) is 60.6. The molecule has 5 atom stereocenters. The smallest absolute Gasteiger partial charge is 0.462 e. The molecule has 0 aromatic heterocycles. The highest BCUT2D eigenvalue weighted by molar-refractivity contribution is 7.47. The van der Waals surface area contributed by atoms with E-state index in [2.05, 4.69) is 34.6 Å². The quantitative estimate of drug-likeness (QED) is 0.0222. The first-order valence-electron chi connectivity index (χ1n) is 33.1. The van der Waals surface area contributed by atoms with Crippen molar-refractivity contribution in [2.24, 2.45) is 5.92 Å². The number of rotatable bonds is 63. The van der Waals surface area contributed by atoms with Gasteiger partial charge in [-0.2, -0.15) is 0 Å². The van der Waals surface area contributed by atoms with E-state index in [4.69, 9.17) is 37.0 Å². The molecule has 0 rings (SSSR count). The molecule has 0 aliphatic carbocycles. The fourth-order valence-corrected chi connectivity index (χ4v) is 11.0. The lowest BCUT2D eigenvalue weighted by Crippen LogP contribution is -2.30. The lowest BCUT2D eigenvalue weighted by Gasteiger charge is -2.21. The summed E-state index contributed by atoms with van der Waals surface area (Å²) in [7, 11) is -9.87. The van der Waals surface area contributed by atoms with Gasteiger partial charge in [0.05, 0.1) is 26.4 Å². The largest absolute Gasteiger partial charge is 0.472 e. The summed E-state index contributed by atoms with van der Waals surface area (Å²) < 4.78 is 67.6. The van der Waals surface area contributed by atoms with Gasteiger partial charge in [0.2, 0.25) is 0 Å². The molecule has 0 radical (unpaired) electrons. The van der Waals surface area contributed by atoms with E-state index < -0.39 is 97.5 Å². The van der Waals surface area contributed by atoms with Crippen LogP contribution in [0.5, 0.6) is 0 Å². The molecule has 17 nitrogen and oxygen atoms in total. The topological polar surface area (TPSA) is 237 Å². The van der Waals surface area contributed by atoms with Crippen molar-refractivity contribution >= 4 is 39.5 Å². The zero-order valence-corrected chi connectivity index (χ0v) is 54.4. The Kier molecular flexibility index (Phi) is 55.5. The van der Waals surface area contributed by atoms with E-state index in [-0.39, 0.29) is 25.7 Å². The number of carbonyl (C=O) groups excluding carboxylic acids is 4. The third-order valence-electron chi connectivity index (χ3n) is 14.5. The number of unbranched alkanes of at least 4 members (excludes halogenated alkanes) is 35. The molecule has 0 bridgehead atoms. The van der Waals surface area contributed by atoms with Crippen molar-refractivity contribution in [3.05, 3.63) is 0 Å². The van der Waals surface area contributed by atoms with Crippen molar-refractivity contribution in [1.82, 2.24) is 0 Å². The van der Waals surface area contributed by atoms with Crippen LogP contribution in [0.4, 0.5) is 0 Å². The van der Waals surface area contributed by atoms with Crippen LogP contribution in [0.15, 0.2) is 0 Å². The highest BCUT2D eigenvalue weighted by Gasteiger charge is 2.30. The Labute approximate surface area is 498 Å². The number of phosphoric acid groups is 2. The van der Waals surface area contributed by atoms with Crippen molar-refractivity contribution in [1.29, 1.82) is 0 Å². The van der Waals surface area contributed by atoms with Gasteiger partial charge in [0.15, 0.2) is 12.2 Å². The second-order valence-corrected chi connectivity index (χ2v) is 26.2. The summed E-state index contributed by atoms with van der Waals surface area (Å²) >= 11 is 0. The predicted molar refractivity (Wildman–Crippen MR) is 326 cm³/mol. The molecule has 3 N–H and O–H groups in total. The van der Waals surface area contributed by atoms with E-state index in [1.165, 1.54) is 122 Å². The summed E-state index contributed by atoms with van der Waals surface area (Å²) in [5.41, 5.74) is 0. The van der Waals surface area contributed by atoms with Crippen LogP contribution in [0.1, 0.15) is 317 Å². The maximum atomic E-state index is 13.0. The summed E-state index contributed by atoms with van der Waals surface area (Å²) in [4.78, 5) is 71.8. The maximum absolute atomic E-state index is 13.0. The van der Waals surface area contributed by atoms with Crippen molar-refractivity contribution in [3.8, 4) is 0 Å². The number of esters is 4. The van der Waals surface area contributed by atoms with Crippen LogP contribution >= 0.6 is 15.6 Å². The molecule has 0 aliphatic rings. The lowest BCUT2D eigenvalue weighted by atomic mass is 10.0. The van der Waals surface area contributed by atoms with Gasteiger partial charge in [-0.05, 0) is 31.6 Å². The number of aliphatic hydroxyl groups excluding tert-OH is 1. The van der Waals surface area contributed by atoms with Crippen LogP contribution < -0.4 is 0 Å². The summed E-state index contributed by atoms with van der Waals surface area (Å²) in [5, 5.41) is 10.5. The highest BCUT2D eigenvalue weighted by Crippen LogP contribution is 2.45. The van der Waals surface area contributed by atoms with Crippen LogP contribution in [0.25, 0.3) is 0 Å². The molecule has 0 aliphatic heterocycles. The highest BCUT2D eigenvalue weighted by atomic mass is 31.2. The fraction of sp³-hybridized carbons (Fsp3) is 0.937. The number of phosphoric ester groups is 2. The zero-order valence-electron chi connectivity index (χ0n) is 52.6. The Morgan fingerprint density at radius 1 is 0.329 bits per heavy atom. The molecule has 0 amide bonds. The van der Waals surface area contributed by atoms with Crippen LogP contribution in [0, 0.1) is 5.92 Å². The van der Waals surface area contributed by atoms with Gasteiger partial charge in [-0.3, -0.25) is 37.3 Å². The first kappa shape index (κ1) is 80.1. The first-order valence-corrected chi connectivity index (χ1v) is 36.1. The van der Waals surface area contributed by atoms with Crippen LogP contribution in [-0.2, 0) is 65.4 Å². The van der Waals surface area contributed by atoms with Gasteiger partial charge in [0.25, 0.3) is 0 Å². The number of aliphatic hydroxyl groups is 1. The molecule has 0 heterocycles. The van der Waals surface area contributed by atoms with Gasteiger partial charge < -0.3 is 33.8 Å². The van der Waals surface area contributed by atoms with Crippen molar-refractivity contribution in [2.75, 3.05) is 39.6 Å². The summed E-state index contributed by atoms with van der Waals surface area (Å²) in [5.74, 6) is -1.42. The van der Waals surface area contributed by atoms with Gasteiger partial charge in [0.1, 0.15) is 19.3 Å². The Balaban J connectivity index is 5.09. The standard InChI is InChI=1S/C63H122O17P2/c1-6-9-12-15-17-18-19-20-21-22-23-24-25-26-27-28-34-39-44-49-63(68)80-59(53-74-61(66)47-42-37-33-30-29-32-36-40-45-56(4)5)55-78-82(71,72)76-51-57(64)50-75-81(69,70)77-54-58(52-73-60(65)46-41-35-14-11-8-3)79-62(67)48-43-38-31-16-13-10-7-2/h56-59,64H,6-55H2,1-5H3,(H,69,70)(H,71,72)/t57-,58+,59+/m0/s1. The SMILES string of the molecule is CCCCCCCCCCCCCCCCCCCCCC(=O)O[C@H](COC(=O)CCCCCCCCCCC(C)C)COP(=O)(O)OC[C@@H](O)COP(=O)(O)OC[C@@H](COC(=O)CCCCCCC)OC(=O)CCCCCCCCC. The second-order valence-electron chi connectivity index (χ2n) is 23.3. The number of hydrogen-bond donors (Lipinski definition) is 3. The molecule has 486 valence electrons. The van der Waals surface area contributed by atoms with E-state index in [0.29, 0.717) is 25.7 Å². The molecule has 0 aromatic carbocycles. The normalized spacial score (nSPS) is 14.3. The first-order chi connectivity index (χ1) is 39.5. The molecule has 0 aromatic rings. The third kappa shape index (κ3) is 57.2. The van der Waals surface area contributed by atoms with Gasteiger partial charge >= 0.3 is 39.5 Å². The number of ether oxygens (including phenoxy) is 4.